The fourth-order valence-electron chi connectivity index (χ4n) is 9.81. The Balaban J connectivity index is 2.31. The zero-order valence-corrected chi connectivity index (χ0v) is 30.6. The molecule has 1 aliphatic heterocycles. The Morgan fingerprint density at radius 1 is 0.878 bits per heavy atom. The molecule has 3 aliphatic carbocycles. The lowest BCUT2D eigenvalue weighted by molar-refractivity contribution is -0.370. The molecule has 2 saturated carbocycles. The normalized spacial score (nSPS) is 38.3. The Morgan fingerprint density at radius 3 is 1.88 bits per heavy atom. The number of hydrogen-bond acceptors (Lipinski definition) is 13. The van der Waals surface area contributed by atoms with Crippen molar-refractivity contribution in [1.29, 1.82) is 0 Å². The minimum atomic E-state index is -1.77. The molecular weight excluding hydrogens is 640 g/mol. The van der Waals surface area contributed by atoms with E-state index in [2.05, 4.69) is 0 Å². The highest BCUT2D eigenvalue weighted by Crippen LogP contribution is 2.71. The molecule has 49 heavy (non-hydrogen) atoms. The molecule has 2 N–H and O–H groups in total. The summed E-state index contributed by atoms with van der Waals surface area (Å²) in [7, 11) is 0. The SMILES string of the molecule is C/C=C(\C)C(=O)O[C@@H]1C2=C(C)[C@@H](O)C[C@@](C(C)(C)O)([C@@H](OC(C)=O)[C@@H]3[C@]4(OC(C)=O)CO[C@@H]4C[C@H](OC(C)=O)[C@@]3(C)[C@H]1OC(C)=O)C2(C)C. The second-order valence-corrected chi connectivity index (χ2v) is 15.4. The van der Waals surface area contributed by atoms with Gasteiger partial charge in [0, 0.05) is 50.5 Å². The second kappa shape index (κ2) is 12.8. The molecule has 3 fully saturated rings. The highest BCUT2D eigenvalue weighted by molar-refractivity contribution is 5.88. The molecule has 0 amide bonds. The first-order chi connectivity index (χ1) is 22.4. The van der Waals surface area contributed by atoms with Crippen LogP contribution in [-0.2, 0) is 52.4 Å². The first kappa shape index (κ1) is 38.5. The fraction of sp³-hybridized carbons (Fsp3) is 0.750. The maximum Gasteiger partial charge on any atom is 0.334 e. The fourth-order valence-corrected chi connectivity index (χ4v) is 9.81. The topological polar surface area (TPSA) is 181 Å². The van der Waals surface area contributed by atoms with Gasteiger partial charge in [-0.3, -0.25) is 19.2 Å². The van der Waals surface area contributed by atoms with E-state index in [4.69, 9.17) is 28.4 Å². The van der Waals surface area contributed by atoms with E-state index in [9.17, 15) is 34.2 Å². The van der Waals surface area contributed by atoms with Crippen molar-refractivity contribution in [2.75, 3.05) is 6.61 Å². The van der Waals surface area contributed by atoms with Crippen LogP contribution in [0.1, 0.15) is 95.9 Å². The van der Waals surface area contributed by atoms with Gasteiger partial charge in [-0.05, 0) is 52.2 Å². The monoisotopic (exact) mass is 692 g/mol. The Kier molecular flexibility index (Phi) is 10.1. The van der Waals surface area contributed by atoms with E-state index in [-0.39, 0.29) is 25.0 Å². The van der Waals surface area contributed by atoms with E-state index in [0.717, 1.165) is 0 Å². The van der Waals surface area contributed by atoms with Gasteiger partial charge in [0.25, 0.3) is 0 Å². The van der Waals surface area contributed by atoms with Gasteiger partial charge in [0.2, 0.25) is 0 Å². The van der Waals surface area contributed by atoms with Crippen molar-refractivity contribution in [3.8, 4) is 0 Å². The van der Waals surface area contributed by atoms with E-state index in [1.54, 1.807) is 61.5 Å². The molecule has 13 nitrogen and oxygen atoms in total. The number of esters is 5. The summed E-state index contributed by atoms with van der Waals surface area (Å²) in [6.45, 7) is 17.9. The van der Waals surface area contributed by atoms with Crippen LogP contribution in [-0.4, -0.2) is 94.5 Å². The summed E-state index contributed by atoms with van der Waals surface area (Å²) >= 11 is 0. The van der Waals surface area contributed by atoms with Gasteiger partial charge in [-0.2, -0.15) is 0 Å². The summed E-state index contributed by atoms with van der Waals surface area (Å²) in [6.07, 6.45) is -6.22. The lowest BCUT2D eigenvalue weighted by atomic mass is 9.38. The van der Waals surface area contributed by atoms with Crippen molar-refractivity contribution >= 4 is 29.8 Å². The van der Waals surface area contributed by atoms with Crippen LogP contribution >= 0.6 is 0 Å². The smallest absolute Gasteiger partial charge is 0.334 e. The molecule has 10 atom stereocenters. The summed E-state index contributed by atoms with van der Waals surface area (Å²) in [5.74, 6) is -4.86. The van der Waals surface area contributed by atoms with Crippen LogP contribution in [0.15, 0.2) is 22.8 Å². The molecule has 0 radical (unpaired) electrons. The lowest BCUT2D eigenvalue weighted by Crippen LogP contribution is -2.83. The van der Waals surface area contributed by atoms with Crippen molar-refractivity contribution in [2.24, 2.45) is 22.2 Å². The number of allylic oxidation sites excluding steroid dienone is 1. The molecule has 0 spiro atoms. The predicted octanol–water partition coefficient (Wildman–Crippen LogP) is 3.26. The first-order valence-corrected chi connectivity index (χ1v) is 16.7. The summed E-state index contributed by atoms with van der Waals surface area (Å²) in [4.78, 5) is 66.0. The van der Waals surface area contributed by atoms with Gasteiger partial charge in [0.15, 0.2) is 17.8 Å². The maximum atomic E-state index is 13.8. The molecule has 4 aliphatic rings. The molecule has 274 valence electrons. The van der Waals surface area contributed by atoms with Crippen LogP contribution in [0.2, 0.25) is 0 Å². The van der Waals surface area contributed by atoms with Gasteiger partial charge < -0.3 is 38.6 Å². The van der Waals surface area contributed by atoms with E-state index in [1.807, 2.05) is 0 Å². The van der Waals surface area contributed by atoms with Crippen molar-refractivity contribution in [2.45, 2.75) is 144 Å². The highest BCUT2D eigenvalue weighted by atomic mass is 16.6. The van der Waals surface area contributed by atoms with Crippen LogP contribution in [0, 0.1) is 22.2 Å². The Bertz CT molecular complexity index is 1470. The largest absolute Gasteiger partial charge is 0.462 e. The molecule has 0 unspecified atom stereocenters. The summed E-state index contributed by atoms with van der Waals surface area (Å²) in [5, 5.41) is 24.4. The first-order valence-electron chi connectivity index (χ1n) is 16.7. The van der Waals surface area contributed by atoms with Gasteiger partial charge in [-0.1, -0.05) is 26.8 Å². The lowest BCUT2D eigenvalue weighted by Gasteiger charge is -2.71. The number of rotatable bonds is 7. The number of carbonyl (C=O) groups excluding carboxylic acids is 5. The molecule has 0 aromatic rings. The van der Waals surface area contributed by atoms with Crippen molar-refractivity contribution in [1.82, 2.24) is 0 Å². The van der Waals surface area contributed by atoms with Crippen LogP contribution in [0.3, 0.4) is 0 Å². The van der Waals surface area contributed by atoms with Gasteiger partial charge in [-0.25, -0.2) is 4.79 Å². The predicted molar refractivity (Wildman–Crippen MR) is 172 cm³/mol. The number of aliphatic hydroxyl groups excluding tert-OH is 1. The Hall–Kier alpha value is -3.29. The van der Waals surface area contributed by atoms with E-state index >= 15 is 0 Å². The molecule has 1 heterocycles. The number of fused-ring (bicyclic) bond motifs is 5. The third-order valence-corrected chi connectivity index (χ3v) is 11.9. The van der Waals surface area contributed by atoms with Crippen LogP contribution < -0.4 is 0 Å². The zero-order chi connectivity index (χ0) is 37.2. The van der Waals surface area contributed by atoms with Gasteiger partial charge >= 0.3 is 29.8 Å². The summed E-state index contributed by atoms with van der Waals surface area (Å²) in [6, 6.07) is 0. The highest BCUT2D eigenvalue weighted by Gasteiger charge is 2.81. The molecular formula is C36H52O13. The number of ether oxygens (including phenoxy) is 6. The molecule has 0 aromatic carbocycles. The van der Waals surface area contributed by atoms with Crippen LogP contribution in [0.25, 0.3) is 0 Å². The van der Waals surface area contributed by atoms with E-state index in [1.165, 1.54) is 27.7 Å². The maximum absolute atomic E-state index is 13.8. The zero-order valence-electron chi connectivity index (χ0n) is 30.6. The van der Waals surface area contributed by atoms with Crippen LogP contribution in [0.5, 0.6) is 0 Å². The number of hydrogen-bond donors (Lipinski definition) is 2. The molecule has 13 heteroatoms. The number of carbonyl (C=O) groups is 5. The third kappa shape index (κ3) is 5.79. The second-order valence-electron chi connectivity index (χ2n) is 15.4. The minimum absolute atomic E-state index is 0.0292. The van der Waals surface area contributed by atoms with Gasteiger partial charge in [-0.15, -0.1) is 0 Å². The molecule has 0 aromatic heterocycles. The number of aliphatic hydroxyl groups is 2. The summed E-state index contributed by atoms with van der Waals surface area (Å²) < 4.78 is 37.1. The van der Waals surface area contributed by atoms with Crippen LogP contribution in [0.4, 0.5) is 0 Å². The quantitative estimate of drug-likeness (QED) is 0.172. The standard InChI is InChI=1S/C36H52O13/c1-13-17(2)31(42)48-27-26-18(3)23(41)15-36(32(26,8)9,33(10,11)43)30(47-21(6)39)28-34(12,29(27)46-20(5)38)24(45-19(4)37)14-25-35(28,16-44-25)49-22(7)40/h13,23-25,27-30,41,43H,14-16H2,1-12H3/b17-13+/t23-,24-,25+,27+,28-,29-,30-,34+,35-,36+/m0/s1. The third-order valence-electron chi connectivity index (χ3n) is 11.9. The van der Waals surface area contributed by atoms with Crippen molar-refractivity contribution in [3.05, 3.63) is 22.8 Å². The van der Waals surface area contributed by atoms with E-state index in [0.29, 0.717) is 11.1 Å². The molecule has 2 bridgehead atoms. The molecule has 4 rings (SSSR count). The van der Waals surface area contributed by atoms with Gasteiger partial charge in [0.1, 0.15) is 18.3 Å². The Morgan fingerprint density at radius 2 is 1.43 bits per heavy atom. The average molecular weight is 693 g/mol. The van der Waals surface area contributed by atoms with E-state index < -0.39 is 99.8 Å². The Labute approximate surface area is 287 Å². The molecule has 1 saturated heterocycles. The van der Waals surface area contributed by atoms with Crippen molar-refractivity contribution < 1.29 is 62.6 Å². The van der Waals surface area contributed by atoms with Gasteiger partial charge in [0.05, 0.1) is 29.6 Å². The average Bonchev–Trinajstić information content (AvgIpc) is 2.94. The minimum Gasteiger partial charge on any atom is -0.462 e. The summed E-state index contributed by atoms with van der Waals surface area (Å²) in [5.41, 5.74) is -6.93. The van der Waals surface area contributed by atoms with Crippen molar-refractivity contribution in [3.63, 3.8) is 0 Å².